The molecule has 0 unspecified atom stereocenters. The average Bonchev–Trinajstić information content (AvgIpc) is 3.89. The van der Waals surface area contributed by atoms with Crippen LogP contribution in [0.2, 0.25) is 0 Å². The molecule has 0 radical (unpaired) electrons. The third-order valence-corrected chi connectivity index (χ3v) is 12.4. The Balaban J connectivity index is 0.000000182. The summed E-state index contributed by atoms with van der Waals surface area (Å²) in [6.07, 6.45) is 10.5. The van der Waals surface area contributed by atoms with Crippen molar-refractivity contribution in [2.75, 3.05) is 78.2 Å². The molecule has 0 atom stereocenters. The van der Waals surface area contributed by atoms with E-state index in [0.29, 0.717) is 23.2 Å². The number of benzene rings is 4. The highest BCUT2D eigenvalue weighted by Gasteiger charge is 2.24. The number of carbonyl (C=O) groups is 2. The summed E-state index contributed by atoms with van der Waals surface area (Å²) in [5.74, 6) is 1.10. The zero-order valence-corrected chi connectivity index (χ0v) is 35.5. The van der Waals surface area contributed by atoms with E-state index in [4.69, 9.17) is 26.7 Å². The number of hydrogen-bond acceptors (Lipinski definition) is 8. The quantitative estimate of drug-likeness (QED) is 0.107. The number of fused-ring (bicyclic) bond motifs is 2. The predicted molar refractivity (Wildman–Crippen MR) is 242 cm³/mol. The number of likely N-dealkylation sites (tertiary alicyclic amines) is 2. The molecule has 4 heterocycles. The van der Waals surface area contributed by atoms with Crippen LogP contribution in [0.1, 0.15) is 69.6 Å². The summed E-state index contributed by atoms with van der Waals surface area (Å²) >= 11 is 0. The number of hydrogen-bond donors (Lipinski definition) is 3. The van der Waals surface area contributed by atoms with Gasteiger partial charge in [-0.3, -0.25) is 9.59 Å². The van der Waals surface area contributed by atoms with Gasteiger partial charge in [0.2, 0.25) is 11.8 Å². The van der Waals surface area contributed by atoms with Gasteiger partial charge in [0.1, 0.15) is 11.5 Å². The number of nitrogens with two attached hydrogens (primary N) is 3. The van der Waals surface area contributed by atoms with Crippen LogP contribution in [0.15, 0.2) is 97.3 Å². The maximum atomic E-state index is 11.6. The van der Waals surface area contributed by atoms with E-state index in [2.05, 4.69) is 80.7 Å². The number of piperidine rings is 2. The zero-order chi connectivity index (χ0) is 42.3. The number of aromatic nitrogens is 2. The van der Waals surface area contributed by atoms with E-state index in [9.17, 15) is 9.59 Å². The fourth-order valence-corrected chi connectivity index (χ4v) is 8.87. The van der Waals surface area contributed by atoms with Gasteiger partial charge >= 0.3 is 0 Å². The molecule has 6 N–H and O–H groups in total. The third-order valence-electron chi connectivity index (χ3n) is 12.4. The molecule has 8 rings (SSSR count). The Bertz CT molecular complexity index is 2420. The monoisotopic (exact) mass is 812 g/mol. The van der Waals surface area contributed by atoms with Crippen molar-refractivity contribution in [3.05, 3.63) is 120 Å². The van der Waals surface area contributed by atoms with E-state index in [1.54, 1.807) is 26.4 Å². The lowest BCUT2D eigenvalue weighted by Crippen LogP contribution is -2.35. The number of primary amides is 2. The van der Waals surface area contributed by atoms with Crippen molar-refractivity contribution < 1.29 is 19.1 Å². The Kier molecular flexibility index (Phi) is 13.3. The lowest BCUT2D eigenvalue weighted by molar-refractivity contribution is 0.0992. The second-order valence-electron chi connectivity index (χ2n) is 16.3. The molecule has 6 aromatic rings. The molecule has 2 aromatic heterocycles. The SMILES string of the molecule is COc1ccc(N(C)C)cc1CCN1CCC(n2ccc3ccc(C(N)=O)cc32)CC1.COc1ccc(N)cc1CCN1CCC(n2ccc3ccc(C(N)=O)cc32)CC1. The van der Waals surface area contributed by atoms with Crippen molar-refractivity contribution >= 4 is 45.0 Å². The molecule has 12 nitrogen and oxygen atoms in total. The smallest absolute Gasteiger partial charge is 0.248 e. The molecule has 4 aromatic carbocycles. The normalized spacial score (nSPS) is 15.5. The summed E-state index contributed by atoms with van der Waals surface area (Å²) in [5, 5.41) is 2.30. The van der Waals surface area contributed by atoms with Crippen LogP contribution in [0.3, 0.4) is 0 Å². The van der Waals surface area contributed by atoms with Crippen molar-refractivity contribution in [3.8, 4) is 11.5 Å². The molecule has 2 aliphatic heterocycles. The van der Waals surface area contributed by atoms with Gasteiger partial charge in [0, 0.05) is 111 Å². The van der Waals surface area contributed by atoms with Crippen molar-refractivity contribution in [1.29, 1.82) is 0 Å². The fraction of sp³-hybridized carbons (Fsp3) is 0.375. The highest BCUT2D eigenvalue weighted by molar-refractivity contribution is 5.97. The molecule has 0 saturated carbocycles. The van der Waals surface area contributed by atoms with Crippen LogP contribution in [0.4, 0.5) is 11.4 Å². The van der Waals surface area contributed by atoms with Gasteiger partial charge in [-0.25, -0.2) is 0 Å². The summed E-state index contributed by atoms with van der Waals surface area (Å²) in [6, 6.07) is 28.7. The molecule has 0 bridgehead atoms. The lowest BCUT2D eigenvalue weighted by Gasteiger charge is -2.33. The molecule has 2 fully saturated rings. The fourth-order valence-electron chi connectivity index (χ4n) is 8.87. The van der Waals surface area contributed by atoms with E-state index in [0.717, 1.165) is 122 Å². The van der Waals surface area contributed by atoms with E-state index in [1.165, 1.54) is 11.3 Å². The van der Waals surface area contributed by atoms with Gasteiger partial charge in [0.05, 0.1) is 14.2 Å². The van der Waals surface area contributed by atoms with Gasteiger partial charge in [0.15, 0.2) is 0 Å². The number of amides is 2. The number of carbonyl (C=O) groups excluding carboxylic acids is 2. The number of ether oxygens (including phenoxy) is 2. The second-order valence-corrected chi connectivity index (χ2v) is 16.3. The van der Waals surface area contributed by atoms with Crippen LogP contribution in [0.5, 0.6) is 11.5 Å². The molecule has 2 amide bonds. The summed E-state index contributed by atoms with van der Waals surface area (Å²) in [6.45, 7) is 6.24. The van der Waals surface area contributed by atoms with Crippen molar-refractivity contribution in [2.45, 2.75) is 50.6 Å². The van der Waals surface area contributed by atoms with Gasteiger partial charge < -0.3 is 50.5 Å². The van der Waals surface area contributed by atoms with Gasteiger partial charge in [0.25, 0.3) is 0 Å². The highest BCUT2D eigenvalue weighted by atomic mass is 16.5. The summed E-state index contributed by atoms with van der Waals surface area (Å²) < 4.78 is 15.7. The first-order valence-corrected chi connectivity index (χ1v) is 21.0. The summed E-state index contributed by atoms with van der Waals surface area (Å²) in [7, 11) is 7.57. The molecule has 316 valence electrons. The number of rotatable bonds is 13. The van der Waals surface area contributed by atoms with E-state index in [1.807, 2.05) is 42.5 Å². The largest absolute Gasteiger partial charge is 0.496 e. The van der Waals surface area contributed by atoms with Crippen LogP contribution in [0.25, 0.3) is 21.8 Å². The van der Waals surface area contributed by atoms with E-state index >= 15 is 0 Å². The Morgan fingerprint density at radius 1 is 0.617 bits per heavy atom. The first kappa shape index (κ1) is 42.2. The topological polar surface area (TPSA) is 150 Å². The first-order valence-electron chi connectivity index (χ1n) is 21.0. The Morgan fingerprint density at radius 3 is 1.50 bits per heavy atom. The molecule has 60 heavy (non-hydrogen) atoms. The minimum Gasteiger partial charge on any atom is -0.496 e. The van der Waals surface area contributed by atoms with Crippen molar-refractivity contribution in [1.82, 2.24) is 18.9 Å². The maximum absolute atomic E-state index is 11.6. The Labute approximate surface area is 353 Å². The lowest BCUT2D eigenvalue weighted by atomic mass is 10.0. The van der Waals surface area contributed by atoms with Crippen LogP contribution in [-0.4, -0.2) is 98.3 Å². The molecule has 2 aliphatic rings. The minimum absolute atomic E-state index is 0.377. The van der Waals surface area contributed by atoms with Gasteiger partial charge in [-0.2, -0.15) is 0 Å². The maximum Gasteiger partial charge on any atom is 0.248 e. The summed E-state index contributed by atoms with van der Waals surface area (Å²) in [4.78, 5) is 30.3. The Hall–Kier alpha value is -5.98. The number of anilines is 2. The molecule has 12 heteroatoms. The molecule has 0 aliphatic carbocycles. The minimum atomic E-state index is -0.383. The number of nitrogen functional groups attached to an aromatic ring is 1. The van der Waals surface area contributed by atoms with Crippen molar-refractivity contribution in [3.63, 3.8) is 0 Å². The van der Waals surface area contributed by atoms with Crippen LogP contribution in [-0.2, 0) is 12.8 Å². The first-order chi connectivity index (χ1) is 29.0. The number of methoxy groups -OCH3 is 2. The summed E-state index contributed by atoms with van der Waals surface area (Å²) in [5.41, 5.74) is 24.6. The predicted octanol–water partition coefficient (Wildman–Crippen LogP) is 6.91. The highest BCUT2D eigenvalue weighted by Crippen LogP contribution is 2.31. The second kappa shape index (κ2) is 18.9. The molecule has 2 saturated heterocycles. The molecular weight excluding hydrogens is 753 g/mol. The van der Waals surface area contributed by atoms with Crippen LogP contribution >= 0.6 is 0 Å². The average molecular weight is 813 g/mol. The standard InChI is InChI=1S/C25H32N4O2.C23H28N4O2/c1-27(2)22-6-7-24(31-3)19(16-22)8-12-28-13-10-21(11-14-28)29-15-9-18-4-5-20(25(26)30)17-23(18)29;1-29-22-5-4-19(24)14-17(22)6-10-26-11-8-20(9-12-26)27-13-7-16-2-3-18(23(25)28)15-21(16)27/h4-7,9,15-17,21H,8,10-14H2,1-3H3,(H2,26,30);2-5,7,13-15,20H,6,8-12,24H2,1H3,(H2,25,28). The van der Waals surface area contributed by atoms with Gasteiger partial charge in [-0.1, -0.05) is 12.1 Å². The molecular formula is C48H60N8O4. The van der Waals surface area contributed by atoms with Crippen LogP contribution < -0.4 is 31.6 Å². The number of nitrogens with zero attached hydrogens (tertiary/aromatic N) is 5. The molecule has 0 spiro atoms. The zero-order valence-electron chi connectivity index (χ0n) is 35.5. The van der Waals surface area contributed by atoms with E-state index in [-0.39, 0.29) is 11.8 Å². The third kappa shape index (κ3) is 9.72. The van der Waals surface area contributed by atoms with Gasteiger partial charge in [-0.15, -0.1) is 0 Å². The van der Waals surface area contributed by atoms with Crippen LogP contribution in [0, 0.1) is 0 Å². The van der Waals surface area contributed by atoms with Gasteiger partial charge in [-0.05, 0) is 133 Å². The van der Waals surface area contributed by atoms with E-state index < -0.39 is 0 Å². The Morgan fingerprint density at radius 2 is 1.07 bits per heavy atom. The van der Waals surface area contributed by atoms with Crippen molar-refractivity contribution in [2.24, 2.45) is 11.5 Å².